The first kappa shape index (κ1) is 18.0. The minimum absolute atomic E-state index is 0.124. The molecule has 0 unspecified atom stereocenters. The maximum atomic E-state index is 12.6. The van der Waals surface area contributed by atoms with Crippen molar-refractivity contribution in [2.24, 2.45) is 0 Å². The highest BCUT2D eigenvalue weighted by Crippen LogP contribution is 2.28. The van der Waals surface area contributed by atoms with Crippen molar-refractivity contribution in [2.75, 3.05) is 6.54 Å². The molecule has 0 aliphatic carbocycles. The fourth-order valence-corrected chi connectivity index (χ4v) is 2.36. The molecule has 0 spiro atoms. The molecule has 2 aromatic rings. The number of carbonyl (C=O) groups excluding carboxylic acids is 1. The maximum absolute atomic E-state index is 12.6. The average molecular weight is 343 g/mol. The van der Waals surface area contributed by atoms with Gasteiger partial charge in [-0.05, 0) is 39.3 Å². The van der Waals surface area contributed by atoms with E-state index >= 15 is 0 Å². The smallest absolute Gasteiger partial charge is 0.354 e. The number of hydrogen-bond acceptors (Lipinski definition) is 3. The van der Waals surface area contributed by atoms with Gasteiger partial charge in [-0.2, -0.15) is 23.4 Å². The Morgan fingerprint density at radius 2 is 1.79 bits per heavy atom. The van der Waals surface area contributed by atoms with Crippen molar-refractivity contribution in [2.45, 2.75) is 46.5 Å². The largest absolute Gasteiger partial charge is 0.435 e. The lowest BCUT2D eigenvalue weighted by Crippen LogP contribution is -2.29. The first-order chi connectivity index (χ1) is 11.2. The second-order valence-electron chi connectivity index (χ2n) is 5.68. The van der Waals surface area contributed by atoms with E-state index in [1.165, 1.54) is 4.68 Å². The van der Waals surface area contributed by atoms with Crippen LogP contribution in [0.3, 0.4) is 0 Å². The Morgan fingerprint density at radius 3 is 2.33 bits per heavy atom. The van der Waals surface area contributed by atoms with Crippen LogP contribution in [0.4, 0.5) is 13.2 Å². The number of aromatic nitrogens is 4. The molecule has 132 valence electrons. The van der Waals surface area contributed by atoms with Gasteiger partial charge >= 0.3 is 6.18 Å². The van der Waals surface area contributed by atoms with Gasteiger partial charge < -0.3 is 5.32 Å². The van der Waals surface area contributed by atoms with Gasteiger partial charge in [0.15, 0.2) is 5.69 Å². The van der Waals surface area contributed by atoms with Gasteiger partial charge in [-0.15, -0.1) is 0 Å². The zero-order chi connectivity index (χ0) is 17.9. The van der Waals surface area contributed by atoms with Crippen LogP contribution in [-0.4, -0.2) is 32.0 Å². The van der Waals surface area contributed by atoms with E-state index in [1.807, 2.05) is 19.9 Å². The van der Waals surface area contributed by atoms with Crippen LogP contribution in [0.1, 0.15) is 29.2 Å². The molecule has 1 N–H and O–H groups in total. The van der Waals surface area contributed by atoms with Gasteiger partial charge in [0, 0.05) is 24.5 Å². The number of nitrogens with zero attached hydrogens (tertiary/aromatic N) is 4. The Labute approximate surface area is 137 Å². The van der Waals surface area contributed by atoms with Crippen molar-refractivity contribution in [1.82, 2.24) is 24.9 Å². The normalized spacial score (nSPS) is 11.8. The van der Waals surface area contributed by atoms with Gasteiger partial charge in [-0.3, -0.25) is 14.2 Å². The Balaban J connectivity index is 1.78. The van der Waals surface area contributed by atoms with Crippen molar-refractivity contribution >= 4 is 5.91 Å². The first-order valence-corrected chi connectivity index (χ1v) is 7.56. The van der Waals surface area contributed by atoms with Gasteiger partial charge in [0.2, 0.25) is 5.91 Å². The Hall–Kier alpha value is -2.32. The predicted octanol–water partition coefficient (Wildman–Crippen LogP) is 2.23. The fraction of sp³-hybridized carbons (Fsp3) is 0.533. The molecule has 0 fully saturated rings. The highest BCUT2D eigenvalue weighted by Gasteiger charge is 2.34. The van der Waals surface area contributed by atoms with Crippen molar-refractivity contribution in [1.29, 1.82) is 0 Å². The zero-order valence-electron chi connectivity index (χ0n) is 13.8. The van der Waals surface area contributed by atoms with Crippen molar-refractivity contribution < 1.29 is 18.0 Å². The van der Waals surface area contributed by atoms with E-state index in [2.05, 4.69) is 15.5 Å². The van der Waals surface area contributed by atoms with E-state index in [1.54, 1.807) is 11.6 Å². The summed E-state index contributed by atoms with van der Waals surface area (Å²) >= 11 is 0. The van der Waals surface area contributed by atoms with Crippen LogP contribution in [0.15, 0.2) is 12.1 Å². The molecule has 2 aromatic heterocycles. The number of rotatable bonds is 6. The van der Waals surface area contributed by atoms with Gasteiger partial charge in [-0.1, -0.05) is 0 Å². The van der Waals surface area contributed by atoms with E-state index in [0.717, 1.165) is 17.5 Å². The third kappa shape index (κ3) is 4.59. The summed E-state index contributed by atoms with van der Waals surface area (Å²) in [6.45, 7) is 6.08. The number of halogens is 3. The van der Waals surface area contributed by atoms with Crippen LogP contribution in [0.5, 0.6) is 0 Å². The second-order valence-corrected chi connectivity index (χ2v) is 5.68. The third-order valence-electron chi connectivity index (χ3n) is 3.54. The van der Waals surface area contributed by atoms with Crippen LogP contribution in [0.2, 0.25) is 0 Å². The van der Waals surface area contributed by atoms with Crippen molar-refractivity contribution in [3.8, 4) is 0 Å². The van der Waals surface area contributed by atoms with Gasteiger partial charge in [0.25, 0.3) is 0 Å². The fourth-order valence-electron chi connectivity index (χ4n) is 2.36. The summed E-state index contributed by atoms with van der Waals surface area (Å²) in [5.74, 6) is -0.186. The molecule has 0 aliphatic rings. The minimum atomic E-state index is -4.44. The summed E-state index contributed by atoms with van der Waals surface area (Å²) < 4.78 is 40.6. The maximum Gasteiger partial charge on any atom is 0.435 e. The van der Waals surface area contributed by atoms with Crippen LogP contribution in [-0.2, 0) is 24.1 Å². The summed E-state index contributed by atoms with van der Waals surface area (Å²) in [4.78, 5) is 11.8. The summed E-state index contributed by atoms with van der Waals surface area (Å²) in [6.07, 6.45) is -3.95. The van der Waals surface area contributed by atoms with Crippen LogP contribution in [0.25, 0.3) is 0 Å². The minimum Gasteiger partial charge on any atom is -0.354 e. The monoisotopic (exact) mass is 343 g/mol. The summed E-state index contributed by atoms with van der Waals surface area (Å²) in [7, 11) is 0. The lowest BCUT2D eigenvalue weighted by Gasteiger charge is -2.08. The molecule has 6 nitrogen and oxygen atoms in total. The number of amides is 1. The van der Waals surface area contributed by atoms with Gasteiger partial charge in [0.1, 0.15) is 6.54 Å². The lowest BCUT2D eigenvalue weighted by molar-refractivity contribution is -0.141. The van der Waals surface area contributed by atoms with E-state index < -0.39 is 11.9 Å². The molecule has 24 heavy (non-hydrogen) atoms. The first-order valence-electron chi connectivity index (χ1n) is 7.56. The molecule has 0 aromatic carbocycles. The molecule has 0 atom stereocenters. The molecule has 0 aliphatic heterocycles. The van der Waals surface area contributed by atoms with Crippen LogP contribution < -0.4 is 5.32 Å². The number of hydrogen-bond donors (Lipinski definition) is 1. The van der Waals surface area contributed by atoms with E-state index in [-0.39, 0.29) is 12.5 Å². The standard InChI is InChI=1S/C15H20F3N5O/c1-10-7-11(2)23(20-10)9-14(24)19-5-4-6-22-12(3)8-13(21-22)15(16,17)18/h7-8H,4-6,9H2,1-3H3,(H,19,24). The molecule has 0 saturated carbocycles. The lowest BCUT2D eigenvalue weighted by atomic mass is 10.3. The highest BCUT2D eigenvalue weighted by atomic mass is 19.4. The molecule has 0 radical (unpaired) electrons. The molecule has 2 heterocycles. The third-order valence-corrected chi connectivity index (χ3v) is 3.54. The Bertz CT molecular complexity index is 717. The summed E-state index contributed by atoms with van der Waals surface area (Å²) in [5.41, 5.74) is 1.29. The number of nitrogens with one attached hydrogen (secondary N) is 1. The molecular formula is C15H20F3N5O. The Morgan fingerprint density at radius 1 is 1.12 bits per heavy atom. The van der Waals surface area contributed by atoms with Gasteiger partial charge in [0.05, 0.1) is 5.69 Å². The van der Waals surface area contributed by atoms with E-state index in [9.17, 15) is 18.0 Å². The van der Waals surface area contributed by atoms with Gasteiger partial charge in [-0.25, -0.2) is 0 Å². The Kier molecular flexibility index (Phi) is 5.30. The zero-order valence-corrected chi connectivity index (χ0v) is 13.8. The summed E-state index contributed by atoms with van der Waals surface area (Å²) in [6, 6.07) is 2.90. The quantitative estimate of drug-likeness (QED) is 0.818. The van der Waals surface area contributed by atoms with Crippen LogP contribution in [0, 0.1) is 20.8 Å². The topological polar surface area (TPSA) is 64.7 Å². The molecule has 1 amide bonds. The molecule has 0 bridgehead atoms. The molecular weight excluding hydrogens is 323 g/mol. The number of aryl methyl sites for hydroxylation is 4. The van der Waals surface area contributed by atoms with E-state index in [0.29, 0.717) is 25.2 Å². The molecule has 2 rings (SSSR count). The molecule has 9 heteroatoms. The highest BCUT2D eigenvalue weighted by molar-refractivity contribution is 5.75. The van der Waals surface area contributed by atoms with Crippen molar-refractivity contribution in [3.05, 3.63) is 34.9 Å². The predicted molar refractivity (Wildman–Crippen MR) is 81.3 cm³/mol. The van der Waals surface area contributed by atoms with Crippen LogP contribution >= 0.6 is 0 Å². The van der Waals surface area contributed by atoms with Crippen molar-refractivity contribution in [3.63, 3.8) is 0 Å². The number of carbonyl (C=O) groups is 1. The van der Waals surface area contributed by atoms with E-state index in [4.69, 9.17) is 0 Å². The second kappa shape index (κ2) is 7.06. The SMILES string of the molecule is Cc1cc(C)n(CC(=O)NCCCn2nc(C(F)(F)F)cc2C)n1. The number of alkyl halides is 3. The molecule has 0 saturated heterocycles. The average Bonchev–Trinajstić information content (AvgIpc) is 2.98. The summed E-state index contributed by atoms with van der Waals surface area (Å²) in [5, 5.41) is 10.5.